The van der Waals surface area contributed by atoms with Crippen LogP contribution in [0.5, 0.6) is 0 Å². The van der Waals surface area contributed by atoms with Crippen LogP contribution in [0.2, 0.25) is 0 Å². The number of aromatic carboxylic acids is 1. The number of nitrogens with two attached hydrogens (primary N) is 1. The van der Waals surface area contributed by atoms with Crippen molar-refractivity contribution in [2.45, 2.75) is 45.6 Å². The van der Waals surface area contributed by atoms with Crippen LogP contribution in [-0.2, 0) is 0 Å². The predicted molar refractivity (Wildman–Crippen MR) is 77.5 cm³/mol. The van der Waals surface area contributed by atoms with Gasteiger partial charge in [-0.1, -0.05) is 20.3 Å². The van der Waals surface area contributed by atoms with E-state index in [1.165, 1.54) is 12.8 Å². The standard InChI is InChI=1S/C15H22N2O2/c1-15(2)7-3-4-11(9-15)17-10-5-6-13(16)12(8-10)14(18)19/h5-6,8,11,17H,3-4,7,9,16H2,1-2H3,(H,18,19). The molecule has 0 heterocycles. The zero-order valence-electron chi connectivity index (χ0n) is 11.6. The molecule has 1 aliphatic carbocycles. The first-order valence-electron chi connectivity index (χ1n) is 6.77. The molecule has 2 rings (SSSR count). The van der Waals surface area contributed by atoms with Crippen LogP contribution < -0.4 is 11.1 Å². The smallest absolute Gasteiger partial charge is 0.337 e. The Bertz CT molecular complexity index is 483. The van der Waals surface area contributed by atoms with Crippen LogP contribution in [0.4, 0.5) is 11.4 Å². The predicted octanol–water partition coefficient (Wildman–Crippen LogP) is 3.35. The maximum atomic E-state index is 11.1. The molecule has 0 aliphatic heterocycles. The fourth-order valence-corrected chi connectivity index (χ4v) is 2.89. The molecule has 0 spiro atoms. The summed E-state index contributed by atoms with van der Waals surface area (Å²) in [4.78, 5) is 11.1. The molecule has 104 valence electrons. The van der Waals surface area contributed by atoms with Gasteiger partial charge >= 0.3 is 5.97 Å². The van der Waals surface area contributed by atoms with Gasteiger partial charge in [-0.3, -0.25) is 0 Å². The average Bonchev–Trinajstić information content (AvgIpc) is 2.30. The van der Waals surface area contributed by atoms with Gasteiger partial charge in [0.25, 0.3) is 0 Å². The van der Waals surface area contributed by atoms with Crippen LogP contribution in [0.1, 0.15) is 49.9 Å². The number of benzene rings is 1. The molecule has 0 bridgehead atoms. The van der Waals surface area contributed by atoms with Crippen molar-refractivity contribution in [2.24, 2.45) is 5.41 Å². The van der Waals surface area contributed by atoms with Crippen LogP contribution in [0.25, 0.3) is 0 Å². The summed E-state index contributed by atoms with van der Waals surface area (Å²) in [6.07, 6.45) is 4.72. The molecule has 1 fully saturated rings. The molecule has 1 aromatic rings. The van der Waals surface area contributed by atoms with Crippen molar-refractivity contribution in [1.29, 1.82) is 0 Å². The molecule has 4 heteroatoms. The lowest BCUT2D eigenvalue weighted by molar-refractivity contribution is 0.0698. The Morgan fingerprint density at radius 3 is 2.84 bits per heavy atom. The number of hydrogen-bond donors (Lipinski definition) is 3. The fourth-order valence-electron chi connectivity index (χ4n) is 2.89. The fraction of sp³-hybridized carbons (Fsp3) is 0.533. The molecular weight excluding hydrogens is 240 g/mol. The second-order valence-electron chi connectivity index (χ2n) is 6.21. The van der Waals surface area contributed by atoms with E-state index < -0.39 is 5.97 Å². The minimum atomic E-state index is -0.981. The molecule has 1 atom stereocenters. The highest BCUT2D eigenvalue weighted by molar-refractivity contribution is 5.94. The van der Waals surface area contributed by atoms with Gasteiger partial charge in [0.15, 0.2) is 0 Å². The average molecular weight is 262 g/mol. The lowest BCUT2D eigenvalue weighted by atomic mass is 9.75. The van der Waals surface area contributed by atoms with E-state index in [1.54, 1.807) is 12.1 Å². The first-order valence-corrected chi connectivity index (χ1v) is 6.77. The molecule has 1 unspecified atom stereocenters. The zero-order chi connectivity index (χ0) is 14.0. The summed E-state index contributed by atoms with van der Waals surface area (Å²) in [5.74, 6) is -0.981. The van der Waals surface area contributed by atoms with Crippen LogP contribution in [-0.4, -0.2) is 17.1 Å². The summed E-state index contributed by atoms with van der Waals surface area (Å²) in [6, 6.07) is 5.54. The highest BCUT2D eigenvalue weighted by atomic mass is 16.4. The Labute approximate surface area is 114 Å². The van der Waals surface area contributed by atoms with Crippen molar-refractivity contribution < 1.29 is 9.90 Å². The topological polar surface area (TPSA) is 75.3 Å². The van der Waals surface area contributed by atoms with E-state index in [2.05, 4.69) is 19.2 Å². The zero-order valence-corrected chi connectivity index (χ0v) is 11.6. The number of carbonyl (C=O) groups is 1. The first kappa shape index (κ1) is 13.7. The van der Waals surface area contributed by atoms with Gasteiger partial charge in [0.05, 0.1) is 5.56 Å². The monoisotopic (exact) mass is 262 g/mol. The summed E-state index contributed by atoms with van der Waals surface area (Å²) in [7, 11) is 0. The van der Waals surface area contributed by atoms with Crippen molar-refractivity contribution in [1.82, 2.24) is 0 Å². The molecule has 0 radical (unpaired) electrons. The third-order valence-electron chi connectivity index (χ3n) is 3.86. The molecule has 19 heavy (non-hydrogen) atoms. The van der Waals surface area contributed by atoms with Crippen LogP contribution in [0.3, 0.4) is 0 Å². The van der Waals surface area contributed by atoms with E-state index in [-0.39, 0.29) is 5.56 Å². The molecule has 1 saturated carbocycles. The molecule has 0 amide bonds. The molecule has 0 saturated heterocycles. The normalized spacial score (nSPS) is 21.9. The maximum absolute atomic E-state index is 11.1. The minimum absolute atomic E-state index is 0.167. The second-order valence-corrected chi connectivity index (χ2v) is 6.21. The van der Waals surface area contributed by atoms with E-state index in [0.29, 0.717) is 17.1 Å². The Hall–Kier alpha value is -1.71. The van der Waals surface area contributed by atoms with Crippen LogP contribution >= 0.6 is 0 Å². The number of carboxylic acids is 1. The lowest BCUT2D eigenvalue weighted by Crippen LogP contribution is -2.31. The van der Waals surface area contributed by atoms with Gasteiger partial charge in [-0.2, -0.15) is 0 Å². The van der Waals surface area contributed by atoms with E-state index in [9.17, 15) is 4.79 Å². The van der Waals surface area contributed by atoms with Gasteiger partial charge in [0.1, 0.15) is 0 Å². The maximum Gasteiger partial charge on any atom is 0.337 e. The summed E-state index contributed by atoms with van der Waals surface area (Å²) in [5, 5.41) is 12.5. The molecular formula is C15H22N2O2. The van der Waals surface area contributed by atoms with E-state index in [0.717, 1.165) is 18.5 Å². The molecule has 4 N–H and O–H groups in total. The Morgan fingerprint density at radius 1 is 1.47 bits per heavy atom. The van der Waals surface area contributed by atoms with Crippen molar-refractivity contribution in [3.8, 4) is 0 Å². The van der Waals surface area contributed by atoms with Crippen molar-refractivity contribution >= 4 is 17.3 Å². The van der Waals surface area contributed by atoms with Gasteiger partial charge in [-0.25, -0.2) is 4.79 Å². The van der Waals surface area contributed by atoms with Gasteiger partial charge < -0.3 is 16.2 Å². The van der Waals surface area contributed by atoms with E-state index in [4.69, 9.17) is 10.8 Å². The van der Waals surface area contributed by atoms with Crippen molar-refractivity contribution in [3.63, 3.8) is 0 Å². The number of carboxylic acid groups (broad SMARTS) is 1. The third-order valence-corrected chi connectivity index (χ3v) is 3.86. The van der Waals surface area contributed by atoms with Gasteiger partial charge in [0, 0.05) is 17.4 Å². The van der Waals surface area contributed by atoms with Crippen LogP contribution in [0.15, 0.2) is 18.2 Å². The summed E-state index contributed by atoms with van der Waals surface area (Å²) >= 11 is 0. The first-order chi connectivity index (χ1) is 8.87. The number of anilines is 2. The largest absolute Gasteiger partial charge is 0.478 e. The SMILES string of the molecule is CC1(C)CCCC(Nc2ccc(N)c(C(=O)O)c2)C1. The number of nitrogens with one attached hydrogen (secondary N) is 1. The Morgan fingerprint density at radius 2 is 2.21 bits per heavy atom. The molecule has 1 aliphatic rings. The van der Waals surface area contributed by atoms with Crippen molar-refractivity contribution in [3.05, 3.63) is 23.8 Å². The molecule has 1 aromatic carbocycles. The van der Waals surface area contributed by atoms with Gasteiger partial charge in [0.2, 0.25) is 0 Å². The van der Waals surface area contributed by atoms with Gasteiger partial charge in [-0.05, 0) is 42.9 Å². The Balaban J connectivity index is 2.11. The van der Waals surface area contributed by atoms with Crippen LogP contribution in [0, 0.1) is 5.41 Å². The quantitative estimate of drug-likeness (QED) is 0.730. The minimum Gasteiger partial charge on any atom is -0.478 e. The summed E-state index contributed by atoms with van der Waals surface area (Å²) < 4.78 is 0. The highest BCUT2D eigenvalue weighted by Crippen LogP contribution is 2.36. The van der Waals surface area contributed by atoms with Gasteiger partial charge in [-0.15, -0.1) is 0 Å². The summed E-state index contributed by atoms with van der Waals surface area (Å²) in [6.45, 7) is 4.57. The number of nitrogen functional groups attached to an aromatic ring is 1. The van der Waals surface area contributed by atoms with E-state index >= 15 is 0 Å². The second kappa shape index (κ2) is 5.11. The number of hydrogen-bond acceptors (Lipinski definition) is 3. The Kier molecular flexibility index (Phi) is 3.69. The third kappa shape index (κ3) is 3.40. The summed E-state index contributed by atoms with van der Waals surface area (Å²) in [5.41, 5.74) is 7.33. The van der Waals surface area contributed by atoms with Crippen molar-refractivity contribution in [2.75, 3.05) is 11.1 Å². The molecule has 4 nitrogen and oxygen atoms in total. The van der Waals surface area contributed by atoms with E-state index in [1.807, 2.05) is 6.07 Å². The highest BCUT2D eigenvalue weighted by Gasteiger charge is 2.27. The molecule has 0 aromatic heterocycles. The number of rotatable bonds is 3. The lowest BCUT2D eigenvalue weighted by Gasteiger charge is -2.36.